The largest absolute Gasteiger partial charge is 0.416 e. The molecule has 0 unspecified atom stereocenters. The molecule has 0 saturated heterocycles. The molecule has 1 aliphatic carbocycles. The van der Waals surface area contributed by atoms with E-state index in [1.165, 1.54) is 29.1 Å². The number of halogens is 3. The number of fused-ring (bicyclic) bond motifs is 1. The van der Waals surface area contributed by atoms with Gasteiger partial charge >= 0.3 is 6.18 Å². The number of aromatic nitrogens is 3. The second-order valence-electron chi connectivity index (χ2n) is 6.35. The number of Topliss-reactive ketones (excluding diaryl/α,β-unsaturated/α-hetero) is 1. The summed E-state index contributed by atoms with van der Waals surface area (Å²) in [6, 6.07) is 11.1. The third-order valence-electron chi connectivity index (χ3n) is 4.42. The molecule has 0 bridgehead atoms. The summed E-state index contributed by atoms with van der Waals surface area (Å²) in [6.07, 6.45) is -1.64. The summed E-state index contributed by atoms with van der Waals surface area (Å²) in [7, 11) is 0. The van der Waals surface area contributed by atoms with Crippen molar-refractivity contribution < 1.29 is 22.8 Å². The van der Waals surface area contributed by atoms with Gasteiger partial charge in [-0.05, 0) is 24.3 Å². The van der Waals surface area contributed by atoms with Crippen molar-refractivity contribution in [3.05, 3.63) is 88.9 Å². The Balaban J connectivity index is 1.47. The highest BCUT2D eigenvalue weighted by Gasteiger charge is 2.30. The Kier molecular flexibility index (Phi) is 4.50. The molecule has 1 aromatic heterocycles. The lowest BCUT2D eigenvalue weighted by molar-refractivity contribution is -0.137. The summed E-state index contributed by atoms with van der Waals surface area (Å²) in [5.41, 5.74) is 0.944. The maximum atomic E-state index is 12.7. The normalized spacial score (nSPS) is 13.8. The molecule has 0 atom stereocenters. The lowest BCUT2D eigenvalue weighted by atomic mass is 9.93. The number of alkyl halides is 3. The van der Waals surface area contributed by atoms with Gasteiger partial charge < -0.3 is 5.32 Å². The van der Waals surface area contributed by atoms with Gasteiger partial charge in [-0.15, -0.1) is 5.10 Å². The van der Waals surface area contributed by atoms with Gasteiger partial charge in [-0.25, -0.2) is 4.68 Å². The van der Waals surface area contributed by atoms with Crippen molar-refractivity contribution >= 4 is 11.6 Å². The second kappa shape index (κ2) is 7.01. The highest BCUT2D eigenvalue weighted by atomic mass is 19.4. The van der Waals surface area contributed by atoms with Crippen molar-refractivity contribution in [2.24, 2.45) is 0 Å². The average Bonchev–Trinajstić information content (AvgIpc) is 3.18. The van der Waals surface area contributed by atoms with Crippen LogP contribution >= 0.6 is 0 Å². The Morgan fingerprint density at radius 3 is 2.34 bits per heavy atom. The van der Waals surface area contributed by atoms with E-state index in [9.17, 15) is 22.8 Å². The molecule has 3 aromatic rings. The number of ketones is 2. The molecule has 9 heteroatoms. The van der Waals surface area contributed by atoms with Gasteiger partial charge in [-0.1, -0.05) is 29.5 Å². The number of carbonyl (C=O) groups is 2. The van der Waals surface area contributed by atoms with Crippen LogP contribution in [0.15, 0.2) is 66.5 Å². The van der Waals surface area contributed by atoms with Gasteiger partial charge in [0.05, 0.1) is 29.7 Å². The standard InChI is InChI=1S/C20H13F3N4O2/c21-20(22,23)12-5-7-14(8-6-12)27-11-13(25-26-27)10-24-17-9-18(28)15-3-1-2-4-16(15)19(17)29/h1-9,11,24H,10H2. The third-order valence-corrected chi connectivity index (χ3v) is 4.42. The molecule has 0 spiro atoms. The van der Waals surface area contributed by atoms with Crippen molar-refractivity contribution in [1.29, 1.82) is 0 Å². The molecule has 0 radical (unpaired) electrons. The molecule has 0 aliphatic heterocycles. The first-order valence-corrected chi connectivity index (χ1v) is 8.55. The van der Waals surface area contributed by atoms with Crippen LogP contribution in [0.25, 0.3) is 5.69 Å². The molecular formula is C20H13F3N4O2. The molecule has 0 amide bonds. The molecule has 0 saturated carbocycles. The summed E-state index contributed by atoms with van der Waals surface area (Å²) in [6.45, 7) is 0.119. The molecule has 1 N–H and O–H groups in total. The topological polar surface area (TPSA) is 76.9 Å². The van der Waals surface area contributed by atoms with Gasteiger partial charge in [0, 0.05) is 17.2 Å². The molecule has 1 aliphatic rings. The Morgan fingerprint density at radius 1 is 0.966 bits per heavy atom. The maximum Gasteiger partial charge on any atom is 0.416 e. The van der Waals surface area contributed by atoms with Crippen molar-refractivity contribution in [2.45, 2.75) is 12.7 Å². The summed E-state index contributed by atoms with van der Waals surface area (Å²) in [5, 5.41) is 10.7. The van der Waals surface area contributed by atoms with Crippen LogP contribution < -0.4 is 5.32 Å². The fourth-order valence-corrected chi connectivity index (χ4v) is 2.94. The number of allylic oxidation sites excluding steroid dienone is 2. The zero-order valence-corrected chi connectivity index (χ0v) is 14.8. The van der Waals surface area contributed by atoms with Crippen LogP contribution in [-0.2, 0) is 12.7 Å². The van der Waals surface area contributed by atoms with Crippen molar-refractivity contribution in [2.75, 3.05) is 0 Å². The molecule has 29 heavy (non-hydrogen) atoms. The number of hydrogen-bond donors (Lipinski definition) is 1. The van der Waals surface area contributed by atoms with E-state index < -0.39 is 11.7 Å². The van der Waals surface area contributed by atoms with Gasteiger partial charge in [-0.2, -0.15) is 13.2 Å². The van der Waals surface area contributed by atoms with Crippen LogP contribution in [0.3, 0.4) is 0 Å². The Labute approximate surface area is 162 Å². The quantitative estimate of drug-likeness (QED) is 0.730. The van der Waals surface area contributed by atoms with Gasteiger partial charge in [0.2, 0.25) is 5.78 Å². The molecule has 2 aromatic carbocycles. The predicted octanol–water partition coefficient (Wildman–Crippen LogP) is 3.34. The molecular weight excluding hydrogens is 385 g/mol. The number of rotatable bonds is 4. The summed E-state index contributed by atoms with van der Waals surface area (Å²) >= 11 is 0. The predicted molar refractivity (Wildman–Crippen MR) is 96.4 cm³/mol. The van der Waals surface area contributed by atoms with E-state index in [0.29, 0.717) is 22.5 Å². The zero-order valence-electron chi connectivity index (χ0n) is 14.8. The van der Waals surface area contributed by atoms with Crippen LogP contribution in [0.4, 0.5) is 13.2 Å². The summed E-state index contributed by atoms with van der Waals surface area (Å²) in [5.74, 6) is -0.563. The minimum Gasteiger partial charge on any atom is -0.376 e. The number of nitrogens with zero attached hydrogens (tertiary/aromatic N) is 3. The molecule has 146 valence electrons. The SMILES string of the molecule is O=C1C=C(NCc2cn(-c3ccc(C(F)(F)F)cc3)nn2)C(=O)c2ccccc21. The van der Waals surface area contributed by atoms with E-state index in [1.54, 1.807) is 24.3 Å². The van der Waals surface area contributed by atoms with Gasteiger partial charge in [0.25, 0.3) is 0 Å². The molecule has 0 fully saturated rings. The summed E-state index contributed by atoms with van der Waals surface area (Å²) in [4.78, 5) is 24.7. The van der Waals surface area contributed by atoms with Crippen LogP contribution in [0, 0.1) is 0 Å². The van der Waals surface area contributed by atoms with Crippen molar-refractivity contribution in [1.82, 2.24) is 20.3 Å². The van der Waals surface area contributed by atoms with Crippen molar-refractivity contribution in [3.63, 3.8) is 0 Å². The van der Waals surface area contributed by atoms with Crippen LogP contribution in [0.1, 0.15) is 32.0 Å². The van der Waals surface area contributed by atoms with Crippen LogP contribution in [-0.4, -0.2) is 26.6 Å². The Bertz CT molecular complexity index is 1130. The van der Waals surface area contributed by atoms with Gasteiger partial charge in [0.1, 0.15) is 5.69 Å². The first-order chi connectivity index (χ1) is 13.8. The maximum absolute atomic E-state index is 12.7. The smallest absolute Gasteiger partial charge is 0.376 e. The minimum atomic E-state index is -4.41. The average molecular weight is 398 g/mol. The first kappa shape index (κ1) is 18.6. The van der Waals surface area contributed by atoms with E-state index >= 15 is 0 Å². The van der Waals surface area contributed by atoms with E-state index in [0.717, 1.165) is 12.1 Å². The number of benzene rings is 2. The number of nitrogens with one attached hydrogen (secondary N) is 1. The lowest BCUT2D eigenvalue weighted by Gasteiger charge is -2.15. The molecule has 4 rings (SSSR count). The van der Waals surface area contributed by atoms with E-state index in [4.69, 9.17) is 0 Å². The van der Waals surface area contributed by atoms with Crippen molar-refractivity contribution in [3.8, 4) is 5.69 Å². The van der Waals surface area contributed by atoms with E-state index in [1.807, 2.05) is 0 Å². The lowest BCUT2D eigenvalue weighted by Crippen LogP contribution is -2.26. The highest BCUT2D eigenvalue weighted by Crippen LogP contribution is 2.29. The highest BCUT2D eigenvalue weighted by molar-refractivity contribution is 6.24. The monoisotopic (exact) mass is 398 g/mol. The number of carbonyl (C=O) groups excluding carboxylic acids is 2. The van der Waals surface area contributed by atoms with Gasteiger partial charge in [-0.3, -0.25) is 9.59 Å². The minimum absolute atomic E-state index is 0.119. The second-order valence-corrected chi connectivity index (χ2v) is 6.35. The molecule has 1 heterocycles. The van der Waals surface area contributed by atoms with E-state index in [2.05, 4.69) is 15.6 Å². The first-order valence-electron chi connectivity index (χ1n) is 8.55. The Hall–Kier alpha value is -3.75. The fraction of sp³-hybridized carbons (Fsp3) is 0.100. The van der Waals surface area contributed by atoms with E-state index in [-0.39, 0.29) is 23.8 Å². The number of hydrogen-bond acceptors (Lipinski definition) is 5. The van der Waals surface area contributed by atoms with Gasteiger partial charge in [0.15, 0.2) is 5.78 Å². The molecule has 6 nitrogen and oxygen atoms in total. The Morgan fingerprint density at radius 2 is 1.66 bits per heavy atom. The summed E-state index contributed by atoms with van der Waals surface area (Å²) < 4.78 is 39.3. The van der Waals surface area contributed by atoms with Crippen LogP contribution in [0.5, 0.6) is 0 Å². The zero-order chi connectivity index (χ0) is 20.6. The third kappa shape index (κ3) is 3.66. The van der Waals surface area contributed by atoms with Crippen LogP contribution in [0.2, 0.25) is 0 Å². The fourth-order valence-electron chi connectivity index (χ4n) is 2.94.